The molecule has 4 aromatic rings. The van der Waals surface area contributed by atoms with Crippen LogP contribution in [0, 0.1) is 0 Å². The molecule has 4 rings (SSSR count). The molecule has 2 aromatic carbocycles. The molecule has 9 nitrogen and oxygen atoms in total. The number of halogens is 2. The van der Waals surface area contributed by atoms with Gasteiger partial charge in [0.2, 0.25) is 5.91 Å². The number of carbonyl (C=O) groups excluding carboxylic acids is 2. The minimum atomic E-state index is -0.276. The number of hydrogen-bond donors (Lipinski definition) is 4. The normalized spacial score (nSPS) is 10.9. The standard InChI is InChI=1S/C33H34Cl2N6O3S/c34-26-8-4-9-27(35)32(26)45-21-17-25-11-13-29(44-20-16-23-6-2-1-3-7-23)28(40-25)12-15-31(42)37-18-5-19-38-33(43)24-10-14-30(41-36)39-22-24/h1-4,6-15,22H,5,16-21,36H2,(H,37,42)(H,38,43)(H,39,41)/b15-12+. The summed E-state index contributed by atoms with van der Waals surface area (Å²) in [6, 6.07) is 22.6. The number of pyridine rings is 2. The van der Waals surface area contributed by atoms with Crippen LogP contribution in [0.4, 0.5) is 5.82 Å². The highest BCUT2D eigenvalue weighted by molar-refractivity contribution is 7.99. The Morgan fingerprint density at radius 1 is 0.911 bits per heavy atom. The fourth-order valence-electron chi connectivity index (χ4n) is 4.12. The lowest BCUT2D eigenvalue weighted by molar-refractivity contribution is -0.116. The number of nitrogens with one attached hydrogen (secondary N) is 3. The summed E-state index contributed by atoms with van der Waals surface area (Å²) in [6.07, 6.45) is 6.49. The van der Waals surface area contributed by atoms with Gasteiger partial charge in [-0.3, -0.25) is 9.59 Å². The topological polar surface area (TPSA) is 131 Å². The zero-order valence-electron chi connectivity index (χ0n) is 24.5. The molecule has 0 aliphatic rings. The van der Waals surface area contributed by atoms with Crippen LogP contribution < -0.4 is 26.6 Å². The van der Waals surface area contributed by atoms with Crippen LogP contribution in [0.1, 0.15) is 33.7 Å². The van der Waals surface area contributed by atoms with Gasteiger partial charge in [-0.05, 0) is 60.9 Å². The van der Waals surface area contributed by atoms with Gasteiger partial charge in [0.1, 0.15) is 17.3 Å². The summed E-state index contributed by atoms with van der Waals surface area (Å²) in [6.45, 7) is 1.24. The summed E-state index contributed by atoms with van der Waals surface area (Å²) < 4.78 is 6.08. The predicted octanol–water partition coefficient (Wildman–Crippen LogP) is 5.97. The second-order valence-electron chi connectivity index (χ2n) is 9.73. The molecular weight excluding hydrogens is 631 g/mol. The molecule has 45 heavy (non-hydrogen) atoms. The number of anilines is 1. The number of aryl methyl sites for hydroxylation is 1. The number of nitrogens with zero attached hydrogens (tertiary/aromatic N) is 2. The van der Waals surface area contributed by atoms with Crippen LogP contribution in [-0.2, 0) is 17.6 Å². The number of hydrogen-bond acceptors (Lipinski definition) is 8. The van der Waals surface area contributed by atoms with Crippen molar-refractivity contribution in [3.63, 3.8) is 0 Å². The van der Waals surface area contributed by atoms with Crippen molar-refractivity contribution in [3.8, 4) is 5.75 Å². The highest BCUT2D eigenvalue weighted by atomic mass is 35.5. The molecule has 0 saturated heterocycles. The predicted molar refractivity (Wildman–Crippen MR) is 182 cm³/mol. The Balaban J connectivity index is 1.30. The summed E-state index contributed by atoms with van der Waals surface area (Å²) in [5, 5.41) is 6.87. The van der Waals surface area contributed by atoms with Crippen LogP contribution in [-0.4, -0.2) is 47.2 Å². The Bertz CT molecular complexity index is 1570. The van der Waals surface area contributed by atoms with E-state index in [9.17, 15) is 9.59 Å². The summed E-state index contributed by atoms with van der Waals surface area (Å²) in [5.74, 6) is 6.54. The van der Waals surface area contributed by atoms with E-state index in [-0.39, 0.29) is 11.8 Å². The van der Waals surface area contributed by atoms with Crippen molar-refractivity contribution in [3.05, 3.63) is 118 Å². The molecule has 5 N–H and O–H groups in total. The number of ether oxygens (including phenoxy) is 1. The molecule has 234 valence electrons. The number of carbonyl (C=O) groups is 2. The van der Waals surface area contributed by atoms with Crippen LogP contribution in [0.15, 0.2) is 90.0 Å². The highest BCUT2D eigenvalue weighted by Crippen LogP contribution is 2.34. The van der Waals surface area contributed by atoms with E-state index in [2.05, 4.69) is 33.2 Å². The van der Waals surface area contributed by atoms with Gasteiger partial charge in [0.05, 0.1) is 22.2 Å². The number of thioether (sulfide) groups is 1. The van der Waals surface area contributed by atoms with E-state index in [1.165, 1.54) is 17.8 Å². The molecule has 2 heterocycles. The van der Waals surface area contributed by atoms with Crippen molar-refractivity contribution < 1.29 is 14.3 Å². The molecule has 0 radical (unpaired) electrons. The lowest BCUT2D eigenvalue weighted by Gasteiger charge is -2.11. The first-order valence-corrected chi connectivity index (χ1v) is 16.1. The van der Waals surface area contributed by atoms with Gasteiger partial charge in [0.25, 0.3) is 5.91 Å². The fraction of sp³-hybridized carbons (Fsp3) is 0.212. The SMILES string of the molecule is NNc1ccc(C(=O)NCCCNC(=O)/C=C/c2nc(CCSc3c(Cl)cccc3Cl)ccc2OCCc2ccccc2)cn1. The van der Waals surface area contributed by atoms with Crippen molar-refractivity contribution in [2.75, 3.05) is 30.9 Å². The number of benzene rings is 2. The number of aromatic nitrogens is 2. The van der Waals surface area contributed by atoms with Gasteiger partial charge in [-0.1, -0.05) is 59.6 Å². The minimum Gasteiger partial charge on any atom is -0.491 e. The molecule has 0 fully saturated rings. The quantitative estimate of drug-likeness (QED) is 0.0379. The summed E-state index contributed by atoms with van der Waals surface area (Å²) in [4.78, 5) is 34.5. The summed E-state index contributed by atoms with van der Waals surface area (Å²) in [7, 11) is 0. The van der Waals surface area contributed by atoms with E-state index in [1.807, 2.05) is 48.5 Å². The van der Waals surface area contributed by atoms with Crippen LogP contribution in [0.2, 0.25) is 10.0 Å². The Hall–Kier alpha value is -4.09. The third kappa shape index (κ3) is 11.1. The van der Waals surface area contributed by atoms with E-state index in [4.69, 9.17) is 38.8 Å². The number of rotatable bonds is 16. The zero-order chi connectivity index (χ0) is 31.9. The summed E-state index contributed by atoms with van der Waals surface area (Å²) >= 11 is 14.2. The maximum Gasteiger partial charge on any atom is 0.252 e. The van der Waals surface area contributed by atoms with Crippen molar-refractivity contribution in [2.45, 2.75) is 24.2 Å². The van der Waals surface area contributed by atoms with Gasteiger partial charge in [-0.25, -0.2) is 15.8 Å². The van der Waals surface area contributed by atoms with E-state index in [0.29, 0.717) is 65.4 Å². The van der Waals surface area contributed by atoms with Crippen LogP contribution in [0.5, 0.6) is 5.75 Å². The largest absolute Gasteiger partial charge is 0.491 e. The molecule has 0 atom stereocenters. The average molecular weight is 666 g/mol. The first-order chi connectivity index (χ1) is 21.9. The van der Waals surface area contributed by atoms with Crippen molar-refractivity contribution in [1.29, 1.82) is 0 Å². The van der Waals surface area contributed by atoms with E-state index < -0.39 is 0 Å². The second-order valence-corrected chi connectivity index (χ2v) is 11.6. The van der Waals surface area contributed by atoms with E-state index >= 15 is 0 Å². The average Bonchev–Trinajstić information content (AvgIpc) is 3.06. The smallest absolute Gasteiger partial charge is 0.252 e. The van der Waals surface area contributed by atoms with Gasteiger partial charge in [0.15, 0.2) is 0 Å². The molecule has 2 amide bonds. The van der Waals surface area contributed by atoms with Gasteiger partial charge in [0, 0.05) is 48.1 Å². The van der Waals surface area contributed by atoms with Crippen LogP contribution in [0.25, 0.3) is 6.08 Å². The number of nitrogen functional groups attached to an aromatic ring is 1. The van der Waals surface area contributed by atoms with E-state index in [0.717, 1.165) is 22.8 Å². The Morgan fingerprint density at radius 3 is 2.42 bits per heavy atom. The monoisotopic (exact) mass is 664 g/mol. The fourth-order valence-corrected chi connectivity index (χ4v) is 5.77. The molecule has 0 unspecified atom stereocenters. The molecule has 12 heteroatoms. The first-order valence-electron chi connectivity index (χ1n) is 14.3. The lowest BCUT2D eigenvalue weighted by Crippen LogP contribution is -2.29. The number of nitrogens with two attached hydrogens (primary N) is 1. The molecule has 0 aliphatic heterocycles. The van der Waals surface area contributed by atoms with Crippen molar-refractivity contribution in [2.24, 2.45) is 5.84 Å². The Morgan fingerprint density at radius 2 is 1.69 bits per heavy atom. The number of hydrazine groups is 1. The Kier molecular flexibility index (Phi) is 13.5. The van der Waals surface area contributed by atoms with Crippen molar-refractivity contribution >= 4 is 58.7 Å². The van der Waals surface area contributed by atoms with Crippen molar-refractivity contribution in [1.82, 2.24) is 20.6 Å². The van der Waals surface area contributed by atoms with Gasteiger partial charge in [-0.15, -0.1) is 11.8 Å². The van der Waals surface area contributed by atoms with Gasteiger partial charge in [-0.2, -0.15) is 0 Å². The Labute approximate surface area is 276 Å². The number of amides is 2. The third-order valence-corrected chi connectivity index (χ3v) is 8.45. The summed E-state index contributed by atoms with van der Waals surface area (Å²) in [5.41, 5.74) is 5.41. The van der Waals surface area contributed by atoms with Gasteiger partial charge < -0.3 is 20.8 Å². The lowest BCUT2D eigenvalue weighted by atomic mass is 10.2. The van der Waals surface area contributed by atoms with Gasteiger partial charge >= 0.3 is 0 Å². The highest BCUT2D eigenvalue weighted by Gasteiger charge is 2.10. The first kappa shape index (κ1) is 33.8. The maximum atomic E-state index is 12.6. The zero-order valence-corrected chi connectivity index (χ0v) is 26.8. The third-order valence-electron chi connectivity index (χ3n) is 6.46. The minimum absolute atomic E-state index is 0.253. The molecule has 0 aliphatic carbocycles. The van der Waals surface area contributed by atoms with Crippen LogP contribution in [0.3, 0.4) is 0 Å². The molecular formula is C33H34Cl2N6O3S. The second kappa shape index (κ2) is 18.0. The molecule has 0 bridgehead atoms. The molecule has 2 aromatic heterocycles. The molecule has 0 saturated carbocycles. The maximum absolute atomic E-state index is 12.6. The van der Waals surface area contributed by atoms with E-state index in [1.54, 1.807) is 30.0 Å². The molecule has 0 spiro atoms. The van der Waals surface area contributed by atoms with Crippen LogP contribution >= 0.6 is 35.0 Å².